The number of aromatic hydroxyl groups is 1. The molecule has 0 radical (unpaired) electrons. The van der Waals surface area contributed by atoms with Crippen LogP contribution in [0.1, 0.15) is 36.5 Å². The fourth-order valence-electron chi connectivity index (χ4n) is 4.22. The van der Waals surface area contributed by atoms with Gasteiger partial charge >= 0.3 is 5.63 Å². The molecule has 4 rings (SSSR count). The second kappa shape index (κ2) is 11.9. The number of aryl methyl sites for hydroxylation is 1. The largest absolute Gasteiger partial charge is 0.506 e. The van der Waals surface area contributed by atoms with Crippen molar-refractivity contribution in [1.29, 1.82) is 0 Å². The normalized spacial score (nSPS) is 14.7. The van der Waals surface area contributed by atoms with Gasteiger partial charge in [-0.2, -0.15) is 0 Å². The smallest absolute Gasteiger partial charge is 0.336 e. The summed E-state index contributed by atoms with van der Waals surface area (Å²) in [6.07, 6.45) is 2.74. The van der Waals surface area contributed by atoms with E-state index in [4.69, 9.17) is 16.0 Å². The molecule has 3 aromatic rings. The van der Waals surface area contributed by atoms with Gasteiger partial charge in [-0.25, -0.2) is 4.79 Å². The average Bonchev–Trinajstić information content (AvgIpc) is 2.76. The Morgan fingerprint density at radius 1 is 1.16 bits per heavy atom. The van der Waals surface area contributed by atoms with E-state index in [2.05, 4.69) is 34.5 Å². The molecule has 5 nitrogen and oxygen atoms in total. The summed E-state index contributed by atoms with van der Waals surface area (Å²) in [7, 11) is 0. The summed E-state index contributed by atoms with van der Waals surface area (Å²) < 4.78 is 5.47. The zero-order chi connectivity index (χ0) is 21.1. The predicted octanol–water partition coefficient (Wildman–Crippen LogP) is 5.31. The minimum atomic E-state index is -0.406. The first-order valence-electron chi connectivity index (χ1n) is 10.5. The van der Waals surface area contributed by atoms with Gasteiger partial charge in [0, 0.05) is 30.6 Å². The number of likely N-dealkylation sites (tertiary alicyclic amines) is 1. The number of nitrogens with one attached hydrogen (secondary N) is 1. The molecule has 32 heavy (non-hydrogen) atoms. The fourth-order valence-corrected chi connectivity index (χ4v) is 4.44. The summed E-state index contributed by atoms with van der Waals surface area (Å²) in [5.74, 6) is -0.0189. The van der Waals surface area contributed by atoms with E-state index in [1.807, 2.05) is 13.0 Å². The third-order valence-electron chi connectivity index (χ3n) is 5.93. The number of phenolic OH excluding ortho intramolecular Hbond substituents is 1. The number of rotatable bonds is 6. The van der Waals surface area contributed by atoms with E-state index >= 15 is 0 Å². The lowest BCUT2D eigenvalue weighted by molar-refractivity contribution is 0.190. The van der Waals surface area contributed by atoms with Gasteiger partial charge in [-0.05, 0) is 49.5 Å². The summed E-state index contributed by atoms with van der Waals surface area (Å²) in [4.78, 5) is 14.5. The van der Waals surface area contributed by atoms with E-state index in [1.54, 1.807) is 6.07 Å². The fraction of sp³-hybridized carbons (Fsp3) is 0.375. The first-order chi connectivity index (χ1) is 14.5. The molecular formula is C24H29Cl3N2O3. The number of benzene rings is 2. The lowest BCUT2D eigenvalue weighted by atomic mass is 10.0. The second-order valence-electron chi connectivity index (χ2n) is 7.92. The Balaban J connectivity index is 0.00000181. The minimum Gasteiger partial charge on any atom is -0.506 e. The number of phenols is 1. The van der Waals surface area contributed by atoms with E-state index in [0.717, 1.165) is 43.4 Å². The van der Waals surface area contributed by atoms with Gasteiger partial charge in [-0.3, -0.25) is 4.90 Å². The molecule has 1 fully saturated rings. The molecular weight excluding hydrogens is 471 g/mol. The summed E-state index contributed by atoms with van der Waals surface area (Å²) in [5, 5.41) is 15.1. The topological polar surface area (TPSA) is 65.7 Å². The Hall–Kier alpha value is -1.76. The Labute approximate surface area is 205 Å². The van der Waals surface area contributed by atoms with Gasteiger partial charge < -0.3 is 14.8 Å². The predicted molar refractivity (Wildman–Crippen MR) is 135 cm³/mol. The highest BCUT2D eigenvalue weighted by Gasteiger charge is 2.21. The van der Waals surface area contributed by atoms with E-state index in [9.17, 15) is 9.90 Å². The van der Waals surface area contributed by atoms with Crippen molar-refractivity contribution >= 4 is 47.4 Å². The minimum absolute atomic E-state index is 0. The van der Waals surface area contributed by atoms with Crippen molar-refractivity contribution in [3.05, 3.63) is 74.6 Å². The van der Waals surface area contributed by atoms with Crippen LogP contribution < -0.4 is 10.9 Å². The van der Waals surface area contributed by atoms with Gasteiger partial charge in [0.1, 0.15) is 11.3 Å². The van der Waals surface area contributed by atoms with Crippen LogP contribution in [0.5, 0.6) is 5.75 Å². The average molecular weight is 500 g/mol. The van der Waals surface area contributed by atoms with Crippen LogP contribution in [0.3, 0.4) is 0 Å². The first-order valence-corrected chi connectivity index (χ1v) is 10.9. The molecule has 1 aliphatic rings. The SMILES string of the molecule is CCc1cc(=O)oc2c(CNC3CCN(Cc4ccccc4)CC3)c(O)c(Cl)cc12.Cl.Cl. The van der Waals surface area contributed by atoms with Crippen LogP contribution in [0, 0.1) is 0 Å². The highest BCUT2D eigenvalue weighted by molar-refractivity contribution is 6.33. The van der Waals surface area contributed by atoms with Crippen LogP contribution in [0.25, 0.3) is 11.0 Å². The van der Waals surface area contributed by atoms with E-state index in [1.165, 1.54) is 11.6 Å². The van der Waals surface area contributed by atoms with Gasteiger partial charge in [-0.15, -0.1) is 24.8 Å². The molecule has 1 aromatic heterocycles. The molecule has 0 saturated carbocycles. The lowest BCUT2D eigenvalue weighted by Gasteiger charge is -2.32. The zero-order valence-corrected chi connectivity index (χ0v) is 20.4. The van der Waals surface area contributed by atoms with Crippen molar-refractivity contribution in [3.63, 3.8) is 0 Å². The van der Waals surface area contributed by atoms with Crippen LogP contribution in [-0.4, -0.2) is 29.1 Å². The number of halogens is 3. The van der Waals surface area contributed by atoms with Gasteiger partial charge in [0.15, 0.2) is 0 Å². The lowest BCUT2D eigenvalue weighted by Crippen LogP contribution is -2.41. The Morgan fingerprint density at radius 2 is 1.84 bits per heavy atom. The number of nitrogens with zero attached hydrogens (tertiary/aromatic N) is 1. The third-order valence-corrected chi connectivity index (χ3v) is 6.22. The van der Waals surface area contributed by atoms with Crippen LogP contribution in [0.15, 0.2) is 51.7 Å². The van der Waals surface area contributed by atoms with Gasteiger partial charge in [0.25, 0.3) is 0 Å². The number of piperidine rings is 1. The molecule has 0 atom stereocenters. The standard InChI is InChI=1S/C24H27ClN2O3.2ClH/c1-2-17-12-22(28)30-24-19(17)13-21(25)23(29)20(24)14-26-18-8-10-27(11-9-18)15-16-6-4-3-5-7-16;;/h3-7,12-13,18,26,29H,2,8-11,14-15H2,1H3;2*1H. The first kappa shape index (κ1) is 26.5. The monoisotopic (exact) mass is 498 g/mol. The molecule has 174 valence electrons. The van der Waals surface area contributed by atoms with Gasteiger partial charge in [-0.1, -0.05) is 48.9 Å². The van der Waals surface area contributed by atoms with E-state index < -0.39 is 5.63 Å². The van der Waals surface area contributed by atoms with Crippen molar-refractivity contribution in [1.82, 2.24) is 10.2 Å². The molecule has 0 amide bonds. The molecule has 1 saturated heterocycles. The highest BCUT2D eigenvalue weighted by atomic mass is 35.5. The van der Waals surface area contributed by atoms with Crippen molar-refractivity contribution in [2.45, 2.75) is 45.3 Å². The summed E-state index contributed by atoms with van der Waals surface area (Å²) >= 11 is 6.27. The molecule has 2 N–H and O–H groups in total. The van der Waals surface area contributed by atoms with Crippen LogP contribution >= 0.6 is 36.4 Å². The second-order valence-corrected chi connectivity index (χ2v) is 8.33. The molecule has 0 bridgehead atoms. The number of hydrogen-bond acceptors (Lipinski definition) is 5. The Morgan fingerprint density at radius 3 is 2.50 bits per heavy atom. The molecule has 0 unspecified atom stereocenters. The van der Waals surface area contributed by atoms with Gasteiger partial charge in [0.05, 0.1) is 10.6 Å². The molecule has 0 aliphatic carbocycles. The van der Waals surface area contributed by atoms with Crippen molar-refractivity contribution in [2.24, 2.45) is 0 Å². The molecule has 2 heterocycles. The quantitative estimate of drug-likeness (QED) is 0.450. The van der Waals surface area contributed by atoms with Crippen LogP contribution in [0.2, 0.25) is 5.02 Å². The zero-order valence-electron chi connectivity index (χ0n) is 18.0. The number of hydrogen-bond donors (Lipinski definition) is 2. The molecule has 0 spiro atoms. The maximum Gasteiger partial charge on any atom is 0.336 e. The van der Waals surface area contributed by atoms with Gasteiger partial charge in [0.2, 0.25) is 0 Å². The summed E-state index contributed by atoms with van der Waals surface area (Å²) in [6.45, 7) is 5.39. The van der Waals surface area contributed by atoms with Crippen LogP contribution in [0.4, 0.5) is 0 Å². The molecule has 8 heteroatoms. The Bertz CT molecular complexity index is 1080. The van der Waals surface area contributed by atoms with Crippen molar-refractivity contribution < 1.29 is 9.52 Å². The maximum absolute atomic E-state index is 12.0. The van der Waals surface area contributed by atoms with Crippen molar-refractivity contribution in [2.75, 3.05) is 13.1 Å². The van der Waals surface area contributed by atoms with Crippen molar-refractivity contribution in [3.8, 4) is 5.75 Å². The number of fused-ring (bicyclic) bond motifs is 1. The molecule has 2 aromatic carbocycles. The summed E-state index contributed by atoms with van der Waals surface area (Å²) in [5.41, 5.74) is 2.78. The third kappa shape index (κ3) is 5.97. The summed E-state index contributed by atoms with van der Waals surface area (Å²) in [6, 6.07) is 14.0. The van der Waals surface area contributed by atoms with Crippen LogP contribution in [-0.2, 0) is 19.5 Å². The molecule has 1 aliphatic heterocycles. The highest BCUT2D eigenvalue weighted by Crippen LogP contribution is 2.35. The van der Waals surface area contributed by atoms with E-state index in [-0.39, 0.29) is 35.6 Å². The maximum atomic E-state index is 12.0. The van der Waals surface area contributed by atoms with E-state index in [0.29, 0.717) is 30.2 Å². The Kier molecular flexibility index (Phi) is 9.86.